The lowest BCUT2D eigenvalue weighted by atomic mass is 10.1. The van der Waals surface area contributed by atoms with Crippen LogP contribution in [0.1, 0.15) is 19.2 Å². The predicted octanol–water partition coefficient (Wildman–Crippen LogP) is 5.78. The van der Waals surface area contributed by atoms with Crippen molar-refractivity contribution in [2.75, 3.05) is 5.32 Å². The molecule has 2 N–H and O–H groups in total. The van der Waals surface area contributed by atoms with E-state index in [4.69, 9.17) is 17.0 Å². The molecule has 2 aromatic heterocycles. The fourth-order valence-corrected chi connectivity index (χ4v) is 3.49. The number of hydrogen-bond donors (Lipinski definition) is 2. The molecule has 7 nitrogen and oxygen atoms in total. The van der Waals surface area contributed by atoms with E-state index < -0.39 is 17.8 Å². The van der Waals surface area contributed by atoms with Crippen LogP contribution in [-0.4, -0.2) is 25.3 Å². The Bertz CT molecular complexity index is 1490. The van der Waals surface area contributed by atoms with Gasteiger partial charge in [0.25, 0.3) is 0 Å². The second-order valence-corrected chi connectivity index (χ2v) is 7.94. The summed E-state index contributed by atoms with van der Waals surface area (Å²) in [6.07, 6.45) is 5.07. The summed E-state index contributed by atoms with van der Waals surface area (Å²) in [7, 11) is 0. The first-order valence-corrected chi connectivity index (χ1v) is 10.6. The zero-order valence-electron chi connectivity index (χ0n) is 18.2. The lowest BCUT2D eigenvalue weighted by molar-refractivity contribution is 0.0566. The number of benzene rings is 2. The largest absolute Gasteiger partial charge is 0.353 e. The summed E-state index contributed by atoms with van der Waals surface area (Å²) in [5.74, 6) is -0.689. The normalized spacial score (nSPS) is 11.7. The van der Waals surface area contributed by atoms with E-state index in [-0.39, 0.29) is 22.8 Å². The molecule has 0 saturated carbocycles. The Labute approximate surface area is 202 Å². The first kappa shape index (κ1) is 24.0. The molecule has 2 aromatic carbocycles. The first-order chi connectivity index (χ1) is 16.7. The van der Waals surface area contributed by atoms with E-state index in [0.717, 1.165) is 6.20 Å². The van der Waals surface area contributed by atoms with Gasteiger partial charge in [-0.15, -0.1) is 0 Å². The highest BCUT2D eigenvalue weighted by Gasteiger charge is 2.15. The van der Waals surface area contributed by atoms with Crippen molar-refractivity contribution in [3.8, 4) is 16.8 Å². The van der Waals surface area contributed by atoms with Crippen molar-refractivity contribution in [3.63, 3.8) is 0 Å². The molecule has 0 fully saturated rings. The van der Waals surface area contributed by atoms with Crippen LogP contribution in [0.2, 0.25) is 5.02 Å². The Kier molecular flexibility index (Phi) is 6.83. The molecule has 35 heavy (non-hydrogen) atoms. The lowest BCUT2D eigenvalue weighted by Crippen LogP contribution is -2.19. The standard InChI is InChI=1S/C24H18ClF3N6O/c1-14(29)9-20(31-18-4-2-3-17(25)11-18)23-22(35)7-8-33(32-23)21-6-5-15(10-19(21)26)16-12-30-34(13-16)24(27)28/h2-13,24,29,31H,1H3/b20-9-,29-14?. The maximum atomic E-state index is 15.0. The number of hydrogen-bond acceptors (Lipinski definition) is 5. The van der Waals surface area contributed by atoms with Gasteiger partial charge in [0.15, 0.2) is 5.69 Å². The van der Waals surface area contributed by atoms with Gasteiger partial charge in [-0.25, -0.2) is 13.8 Å². The van der Waals surface area contributed by atoms with Crippen molar-refractivity contribution in [3.05, 3.63) is 100.0 Å². The molecule has 4 rings (SSSR count). The Hall–Kier alpha value is -4.18. The maximum Gasteiger partial charge on any atom is 0.333 e. The van der Waals surface area contributed by atoms with Crippen molar-refractivity contribution < 1.29 is 13.2 Å². The molecule has 0 atom stereocenters. The summed E-state index contributed by atoms with van der Waals surface area (Å²) in [5, 5.41) is 19.2. The second kappa shape index (κ2) is 9.98. The summed E-state index contributed by atoms with van der Waals surface area (Å²) in [6.45, 7) is -1.26. The number of rotatable bonds is 7. The summed E-state index contributed by atoms with van der Waals surface area (Å²) >= 11 is 6.04. The van der Waals surface area contributed by atoms with Crippen molar-refractivity contribution >= 4 is 28.7 Å². The Morgan fingerprint density at radius 3 is 2.63 bits per heavy atom. The van der Waals surface area contributed by atoms with E-state index >= 15 is 4.39 Å². The summed E-state index contributed by atoms with van der Waals surface area (Å²) < 4.78 is 42.3. The van der Waals surface area contributed by atoms with E-state index in [2.05, 4.69) is 15.5 Å². The van der Waals surface area contributed by atoms with Gasteiger partial charge in [-0.2, -0.15) is 19.0 Å². The molecule has 2 heterocycles. The van der Waals surface area contributed by atoms with Crippen molar-refractivity contribution in [1.29, 1.82) is 5.41 Å². The van der Waals surface area contributed by atoms with E-state index in [1.54, 1.807) is 24.3 Å². The van der Waals surface area contributed by atoms with Gasteiger partial charge in [0.1, 0.15) is 11.5 Å². The van der Waals surface area contributed by atoms with Crippen LogP contribution in [0.3, 0.4) is 0 Å². The Balaban J connectivity index is 1.72. The average Bonchev–Trinajstić information content (AvgIpc) is 3.30. The minimum Gasteiger partial charge on any atom is -0.353 e. The van der Waals surface area contributed by atoms with Crippen LogP contribution < -0.4 is 10.7 Å². The molecule has 0 aliphatic heterocycles. The lowest BCUT2D eigenvalue weighted by Gasteiger charge is -2.13. The van der Waals surface area contributed by atoms with Crippen molar-refractivity contribution in [2.45, 2.75) is 13.5 Å². The molecule has 4 aromatic rings. The topological polar surface area (TPSA) is 88.6 Å². The number of anilines is 1. The van der Waals surface area contributed by atoms with E-state index in [1.807, 2.05) is 0 Å². The third-order valence-corrected chi connectivity index (χ3v) is 5.09. The number of alkyl halides is 2. The zero-order chi connectivity index (χ0) is 25.1. The fourth-order valence-electron chi connectivity index (χ4n) is 3.30. The molecule has 0 saturated heterocycles. The fraction of sp³-hybridized carbons (Fsp3) is 0.0833. The molecule has 178 valence electrons. The number of aromatic nitrogens is 4. The van der Waals surface area contributed by atoms with Gasteiger partial charge in [0.05, 0.1) is 11.9 Å². The number of nitrogens with one attached hydrogen (secondary N) is 2. The van der Waals surface area contributed by atoms with Gasteiger partial charge in [-0.1, -0.05) is 23.7 Å². The van der Waals surface area contributed by atoms with Crippen molar-refractivity contribution in [1.82, 2.24) is 19.6 Å². The van der Waals surface area contributed by atoms with Crippen LogP contribution in [0.5, 0.6) is 0 Å². The smallest absolute Gasteiger partial charge is 0.333 e. The van der Waals surface area contributed by atoms with Crippen LogP contribution in [0.4, 0.5) is 18.9 Å². The predicted molar refractivity (Wildman–Crippen MR) is 129 cm³/mol. The van der Waals surface area contributed by atoms with Gasteiger partial charge in [-0.05, 0) is 48.9 Å². The highest BCUT2D eigenvalue weighted by molar-refractivity contribution is 6.30. The molecule has 0 spiro atoms. The summed E-state index contributed by atoms with van der Waals surface area (Å²) in [6, 6.07) is 12.1. The minimum atomic E-state index is -2.80. The monoisotopic (exact) mass is 498 g/mol. The Morgan fingerprint density at radius 1 is 1.17 bits per heavy atom. The van der Waals surface area contributed by atoms with Crippen molar-refractivity contribution in [2.24, 2.45) is 0 Å². The molecule has 0 aliphatic carbocycles. The average molecular weight is 499 g/mol. The first-order valence-electron chi connectivity index (χ1n) is 10.2. The molecule has 0 unspecified atom stereocenters. The third kappa shape index (κ3) is 5.49. The number of allylic oxidation sites excluding steroid dienone is 1. The molecular weight excluding hydrogens is 481 g/mol. The summed E-state index contributed by atoms with van der Waals surface area (Å²) in [5.41, 5.74) is 1.18. The van der Waals surface area contributed by atoms with E-state index in [9.17, 15) is 13.6 Å². The van der Waals surface area contributed by atoms with Gasteiger partial charge in [0, 0.05) is 40.4 Å². The van der Waals surface area contributed by atoms with Crippen LogP contribution in [0.15, 0.2) is 78.0 Å². The minimum absolute atomic E-state index is 0.0323. The van der Waals surface area contributed by atoms with Crippen LogP contribution in [0.25, 0.3) is 22.5 Å². The highest BCUT2D eigenvalue weighted by Crippen LogP contribution is 2.25. The maximum absolute atomic E-state index is 15.0. The van der Waals surface area contributed by atoms with Crippen LogP contribution in [0, 0.1) is 11.2 Å². The van der Waals surface area contributed by atoms with E-state index in [0.29, 0.717) is 26.5 Å². The Morgan fingerprint density at radius 2 is 1.97 bits per heavy atom. The molecular formula is C24H18ClF3N6O. The van der Waals surface area contributed by atoms with Gasteiger partial charge in [0.2, 0.25) is 5.43 Å². The van der Waals surface area contributed by atoms with Gasteiger partial charge < -0.3 is 10.7 Å². The van der Waals surface area contributed by atoms with Crippen LogP contribution >= 0.6 is 11.6 Å². The SMILES string of the molecule is CC(=N)/C=C(\Nc1cccc(Cl)c1)c1nn(-c2ccc(-c3cnn(C(F)F)c3)cc2F)ccc1=O. The summed E-state index contributed by atoms with van der Waals surface area (Å²) in [4.78, 5) is 12.6. The van der Waals surface area contributed by atoms with Gasteiger partial charge in [-0.3, -0.25) is 4.79 Å². The molecule has 0 aliphatic rings. The number of nitrogens with zero attached hydrogens (tertiary/aromatic N) is 4. The molecule has 0 bridgehead atoms. The number of halogens is 4. The van der Waals surface area contributed by atoms with Crippen LogP contribution in [-0.2, 0) is 0 Å². The molecule has 11 heteroatoms. The quantitative estimate of drug-likeness (QED) is 0.316. The molecule has 0 radical (unpaired) electrons. The second-order valence-electron chi connectivity index (χ2n) is 7.50. The third-order valence-electron chi connectivity index (χ3n) is 4.86. The molecule has 0 amide bonds. The highest BCUT2D eigenvalue weighted by atomic mass is 35.5. The van der Waals surface area contributed by atoms with Gasteiger partial charge >= 0.3 is 6.55 Å². The zero-order valence-corrected chi connectivity index (χ0v) is 19.0. The van der Waals surface area contributed by atoms with E-state index in [1.165, 1.54) is 54.3 Å².